The van der Waals surface area contributed by atoms with Gasteiger partial charge in [-0.1, -0.05) is 0 Å². The number of carbonyl (C=O) groups is 1. The molecule has 1 amide bonds. The van der Waals surface area contributed by atoms with Crippen LogP contribution in [-0.2, 0) is 4.79 Å². The van der Waals surface area contributed by atoms with Gasteiger partial charge in [-0.3, -0.25) is 9.48 Å². The number of amides is 1. The fraction of sp³-hybridized carbons (Fsp3) is 0.636. The van der Waals surface area contributed by atoms with Crippen LogP contribution in [0.15, 0.2) is 6.20 Å². The zero-order chi connectivity index (χ0) is 10.8. The molecule has 82 valence electrons. The van der Waals surface area contributed by atoms with E-state index in [-0.39, 0.29) is 0 Å². The molecule has 1 aliphatic rings. The predicted octanol–water partition coefficient (Wildman–Crippen LogP) is 1.29. The standard InChI is InChI=1S/C11H17N3O/c1-9-7-14(12-10(9)2)11-3-5-13(8-15)6-4-11/h7-8,11H,3-6H2,1-2H3. The van der Waals surface area contributed by atoms with Gasteiger partial charge in [0.1, 0.15) is 0 Å². The maximum atomic E-state index is 10.6. The summed E-state index contributed by atoms with van der Waals surface area (Å²) < 4.78 is 2.06. The van der Waals surface area contributed by atoms with Gasteiger partial charge in [0.2, 0.25) is 6.41 Å². The van der Waals surface area contributed by atoms with Crippen molar-refractivity contribution in [2.75, 3.05) is 13.1 Å². The lowest BCUT2D eigenvalue weighted by Crippen LogP contribution is -2.33. The van der Waals surface area contributed by atoms with Crippen LogP contribution in [0.2, 0.25) is 0 Å². The Kier molecular flexibility index (Phi) is 2.75. The minimum absolute atomic E-state index is 0.466. The first-order valence-electron chi connectivity index (χ1n) is 5.42. The van der Waals surface area contributed by atoms with Gasteiger partial charge in [0, 0.05) is 19.3 Å². The van der Waals surface area contributed by atoms with Crippen LogP contribution in [0.5, 0.6) is 0 Å². The molecule has 2 heterocycles. The molecule has 0 atom stereocenters. The van der Waals surface area contributed by atoms with Crippen molar-refractivity contribution in [1.82, 2.24) is 14.7 Å². The molecule has 0 saturated carbocycles. The average molecular weight is 207 g/mol. The molecule has 1 aliphatic heterocycles. The van der Waals surface area contributed by atoms with Crippen molar-refractivity contribution in [3.8, 4) is 0 Å². The van der Waals surface area contributed by atoms with Crippen molar-refractivity contribution in [2.24, 2.45) is 0 Å². The molecule has 0 aliphatic carbocycles. The minimum atomic E-state index is 0.466. The van der Waals surface area contributed by atoms with Gasteiger partial charge < -0.3 is 4.90 Å². The third kappa shape index (κ3) is 2.03. The fourth-order valence-electron chi connectivity index (χ4n) is 2.02. The lowest BCUT2D eigenvalue weighted by molar-refractivity contribution is -0.119. The molecule has 0 unspecified atom stereocenters. The van der Waals surface area contributed by atoms with Gasteiger partial charge in [-0.05, 0) is 32.3 Å². The topological polar surface area (TPSA) is 38.1 Å². The summed E-state index contributed by atoms with van der Waals surface area (Å²) >= 11 is 0. The van der Waals surface area contributed by atoms with E-state index in [4.69, 9.17) is 0 Å². The van der Waals surface area contributed by atoms with Crippen LogP contribution in [0.4, 0.5) is 0 Å². The molecule has 2 rings (SSSR count). The van der Waals surface area contributed by atoms with E-state index in [2.05, 4.69) is 22.9 Å². The number of piperidine rings is 1. The second-order valence-corrected chi connectivity index (χ2v) is 4.25. The van der Waals surface area contributed by atoms with Gasteiger partial charge in [-0.15, -0.1) is 0 Å². The van der Waals surface area contributed by atoms with Crippen LogP contribution >= 0.6 is 0 Å². The number of carbonyl (C=O) groups excluding carboxylic acids is 1. The van der Waals surface area contributed by atoms with E-state index in [1.807, 2.05) is 11.8 Å². The number of hydrogen-bond acceptors (Lipinski definition) is 2. The molecule has 0 bridgehead atoms. The Labute approximate surface area is 89.9 Å². The summed E-state index contributed by atoms with van der Waals surface area (Å²) in [6, 6.07) is 0.466. The van der Waals surface area contributed by atoms with Crippen LogP contribution in [0.1, 0.15) is 30.1 Å². The monoisotopic (exact) mass is 207 g/mol. The summed E-state index contributed by atoms with van der Waals surface area (Å²) in [5.41, 5.74) is 2.35. The third-order valence-electron chi connectivity index (χ3n) is 3.18. The Bertz CT molecular complexity index is 331. The zero-order valence-corrected chi connectivity index (χ0v) is 9.31. The zero-order valence-electron chi connectivity index (χ0n) is 9.31. The van der Waals surface area contributed by atoms with Gasteiger partial charge in [0.05, 0.1) is 11.7 Å². The van der Waals surface area contributed by atoms with E-state index in [0.717, 1.165) is 38.0 Å². The number of rotatable bonds is 2. The number of hydrogen-bond donors (Lipinski definition) is 0. The lowest BCUT2D eigenvalue weighted by Gasteiger charge is -2.29. The number of nitrogens with zero attached hydrogens (tertiary/aromatic N) is 3. The molecule has 1 saturated heterocycles. The summed E-state index contributed by atoms with van der Waals surface area (Å²) in [5, 5.41) is 4.49. The van der Waals surface area contributed by atoms with E-state index in [0.29, 0.717) is 6.04 Å². The number of likely N-dealkylation sites (tertiary alicyclic amines) is 1. The Hall–Kier alpha value is -1.32. The summed E-state index contributed by atoms with van der Waals surface area (Å²) in [6.07, 6.45) is 5.07. The Morgan fingerprint density at radius 3 is 2.53 bits per heavy atom. The molecule has 0 aromatic carbocycles. The third-order valence-corrected chi connectivity index (χ3v) is 3.18. The van der Waals surface area contributed by atoms with Crippen molar-refractivity contribution in [3.63, 3.8) is 0 Å². The molecule has 0 radical (unpaired) electrons. The van der Waals surface area contributed by atoms with Gasteiger partial charge >= 0.3 is 0 Å². The summed E-state index contributed by atoms with van der Waals surface area (Å²) in [5.74, 6) is 0. The molecule has 4 nitrogen and oxygen atoms in total. The molecule has 0 spiro atoms. The van der Waals surface area contributed by atoms with Gasteiger partial charge in [0.25, 0.3) is 0 Å². The molecule has 15 heavy (non-hydrogen) atoms. The Morgan fingerprint density at radius 2 is 2.07 bits per heavy atom. The molecule has 4 heteroatoms. The van der Waals surface area contributed by atoms with Crippen molar-refractivity contribution in [2.45, 2.75) is 32.7 Å². The lowest BCUT2D eigenvalue weighted by atomic mass is 10.1. The van der Waals surface area contributed by atoms with E-state index >= 15 is 0 Å². The first-order valence-corrected chi connectivity index (χ1v) is 5.42. The van der Waals surface area contributed by atoms with Crippen molar-refractivity contribution < 1.29 is 4.79 Å². The van der Waals surface area contributed by atoms with Gasteiger partial charge in [-0.25, -0.2) is 0 Å². The van der Waals surface area contributed by atoms with Gasteiger partial charge in [-0.2, -0.15) is 5.10 Å². The van der Waals surface area contributed by atoms with E-state index < -0.39 is 0 Å². The quantitative estimate of drug-likeness (QED) is 0.685. The number of aryl methyl sites for hydroxylation is 2. The van der Waals surface area contributed by atoms with E-state index in [1.165, 1.54) is 5.56 Å². The normalized spacial score (nSPS) is 18.1. The van der Waals surface area contributed by atoms with E-state index in [1.54, 1.807) is 0 Å². The summed E-state index contributed by atoms with van der Waals surface area (Å²) in [6.45, 7) is 5.82. The highest BCUT2D eigenvalue weighted by atomic mass is 16.1. The second-order valence-electron chi connectivity index (χ2n) is 4.25. The minimum Gasteiger partial charge on any atom is -0.345 e. The first-order chi connectivity index (χ1) is 7.20. The summed E-state index contributed by atoms with van der Waals surface area (Å²) in [7, 11) is 0. The van der Waals surface area contributed by atoms with Gasteiger partial charge in [0.15, 0.2) is 0 Å². The molecule has 1 aromatic rings. The smallest absolute Gasteiger partial charge is 0.209 e. The molecular weight excluding hydrogens is 190 g/mol. The maximum absolute atomic E-state index is 10.6. The Morgan fingerprint density at radius 1 is 1.40 bits per heavy atom. The van der Waals surface area contributed by atoms with Crippen LogP contribution in [0.3, 0.4) is 0 Å². The second kappa shape index (κ2) is 4.04. The van der Waals surface area contributed by atoms with Crippen LogP contribution in [0.25, 0.3) is 0 Å². The SMILES string of the molecule is Cc1cn(C2CCN(C=O)CC2)nc1C. The van der Waals surface area contributed by atoms with Crippen LogP contribution < -0.4 is 0 Å². The average Bonchev–Trinajstić information content (AvgIpc) is 2.59. The number of aromatic nitrogens is 2. The predicted molar refractivity (Wildman–Crippen MR) is 57.6 cm³/mol. The van der Waals surface area contributed by atoms with Crippen LogP contribution in [0, 0.1) is 13.8 Å². The van der Waals surface area contributed by atoms with Crippen molar-refractivity contribution >= 4 is 6.41 Å². The highest BCUT2D eigenvalue weighted by Crippen LogP contribution is 2.22. The summed E-state index contributed by atoms with van der Waals surface area (Å²) in [4.78, 5) is 12.4. The molecule has 0 N–H and O–H groups in total. The Balaban J connectivity index is 2.04. The first kappa shape index (κ1) is 10.2. The molecular formula is C11H17N3O. The largest absolute Gasteiger partial charge is 0.345 e. The van der Waals surface area contributed by atoms with E-state index in [9.17, 15) is 4.79 Å². The molecule has 1 fully saturated rings. The maximum Gasteiger partial charge on any atom is 0.209 e. The van der Waals surface area contributed by atoms with Crippen molar-refractivity contribution in [1.29, 1.82) is 0 Å². The van der Waals surface area contributed by atoms with Crippen LogP contribution in [-0.4, -0.2) is 34.2 Å². The van der Waals surface area contributed by atoms with Crippen molar-refractivity contribution in [3.05, 3.63) is 17.5 Å². The highest BCUT2D eigenvalue weighted by molar-refractivity contribution is 5.47. The fourth-order valence-corrected chi connectivity index (χ4v) is 2.02. The molecule has 1 aromatic heterocycles. The highest BCUT2D eigenvalue weighted by Gasteiger charge is 2.20.